The molecule has 0 atom stereocenters. The number of carbonyl (C=O) groups excluding carboxylic acids is 1. The summed E-state index contributed by atoms with van der Waals surface area (Å²) < 4.78 is 0. The number of hydrogen-bond acceptors (Lipinski definition) is 5. The topological polar surface area (TPSA) is 91.2 Å². The molecule has 6 nitrogen and oxygen atoms in total. The Kier molecular flexibility index (Phi) is 2.49. The number of aliphatic hydroxyl groups is 1. The molecule has 0 saturated heterocycles. The van der Waals surface area contributed by atoms with Crippen molar-refractivity contribution in [3.8, 4) is 0 Å². The predicted octanol–water partition coefficient (Wildman–Crippen LogP) is 2.06. The Bertz CT molecular complexity index is 714. The van der Waals surface area contributed by atoms with Crippen molar-refractivity contribution >= 4 is 23.2 Å². The normalized spacial score (nSPS) is 15.0. The van der Waals surface area contributed by atoms with Crippen molar-refractivity contribution in [1.29, 1.82) is 0 Å². The molecule has 0 unspecified atom stereocenters. The average molecular weight is 254 g/mol. The van der Waals surface area contributed by atoms with Crippen molar-refractivity contribution in [1.82, 2.24) is 15.2 Å². The number of nitrogens with zero attached hydrogens (tertiary/aromatic N) is 3. The van der Waals surface area contributed by atoms with Crippen LogP contribution in [-0.2, 0) is 0 Å². The zero-order valence-electron chi connectivity index (χ0n) is 10.1. The number of aliphatic imine (C=N–C) groups is 1. The minimum atomic E-state index is -0.228. The third-order valence-corrected chi connectivity index (χ3v) is 2.93. The van der Waals surface area contributed by atoms with Gasteiger partial charge in [0, 0.05) is 11.1 Å². The highest BCUT2D eigenvalue weighted by molar-refractivity contribution is 6.35. The van der Waals surface area contributed by atoms with E-state index in [-0.39, 0.29) is 17.1 Å². The zero-order chi connectivity index (χ0) is 13.4. The molecule has 6 heteroatoms. The van der Waals surface area contributed by atoms with Gasteiger partial charge < -0.3 is 5.11 Å². The molecule has 0 amide bonds. The van der Waals surface area contributed by atoms with Crippen molar-refractivity contribution < 1.29 is 9.90 Å². The molecule has 0 fully saturated rings. The summed E-state index contributed by atoms with van der Waals surface area (Å²) in [5, 5.41) is 16.4. The Morgan fingerprint density at radius 3 is 2.68 bits per heavy atom. The van der Waals surface area contributed by atoms with Gasteiger partial charge in [0.15, 0.2) is 5.78 Å². The summed E-state index contributed by atoms with van der Waals surface area (Å²) in [4.78, 5) is 20.2. The highest BCUT2D eigenvalue weighted by Crippen LogP contribution is 2.31. The summed E-state index contributed by atoms with van der Waals surface area (Å²) in [6, 6.07) is 6.92. The van der Waals surface area contributed by atoms with E-state index < -0.39 is 0 Å². The molecule has 1 aromatic heterocycles. The van der Waals surface area contributed by atoms with Crippen LogP contribution in [0.3, 0.4) is 0 Å². The van der Waals surface area contributed by atoms with Crippen LogP contribution < -0.4 is 0 Å². The van der Waals surface area contributed by atoms with Crippen molar-refractivity contribution in [2.24, 2.45) is 4.99 Å². The standard InChI is InChI=1S/C13H10N4O2/c1-7(16-13-14-6-15-17-13)10-11(18)8-4-2-3-5-9(8)12(10)19/h2-6,18H,1H3,(H,14,15,17)/b16-7+. The SMILES string of the molecule is C/C(=N\c1ncn[nH]1)C1=C(O)c2ccccc2C1=O. The summed E-state index contributed by atoms with van der Waals surface area (Å²) in [6.45, 7) is 1.65. The number of nitrogens with one attached hydrogen (secondary N) is 1. The fourth-order valence-corrected chi connectivity index (χ4v) is 2.07. The number of benzene rings is 1. The van der Waals surface area contributed by atoms with E-state index in [1.54, 1.807) is 31.2 Å². The van der Waals surface area contributed by atoms with Crippen molar-refractivity contribution in [3.05, 3.63) is 47.3 Å². The fraction of sp³-hybridized carbons (Fsp3) is 0.0769. The Morgan fingerprint density at radius 1 is 1.32 bits per heavy atom. The van der Waals surface area contributed by atoms with Gasteiger partial charge in [0.05, 0.1) is 11.3 Å². The van der Waals surface area contributed by atoms with Gasteiger partial charge in [0.2, 0.25) is 5.95 Å². The number of H-pyrrole nitrogens is 1. The zero-order valence-corrected chi connectivity index (χ0v) is 10.1. The molecule has 1 aliphatic rings. The number of rotatable bonds is 2. The van der Waals surface area contributed by atoms with Crippen LogP contribution in [0.25, 0.3) is 5.76 Å². The monoisotopic (exact) mass is 254 g/mol. The molecule has 1 aliphatic carbocycles. The summed E-state index contributed by atoms with van der Waals surface area (Å²) in [5.41, 5.74) is 1.63. The quantitative estimate of drug-likeness (QED) is 0.802. The van der Waals surface area contributed by atoms with Crippen LogP contribution in [0.1, 0.15) is 22.8 Å². The number of Topliss-reactive ketones (excluding diaryl/α,β-unsaturated/α-hetero) is 1. The van der Waals surface area contributed by atoms with Crippen molar-refractivity contribution in [2.75, 3.05) is 0 Å². The number of aliphatic hydroxyl groups excluding tert-OH is 1. The van der Waals surface area contributed by atoms with E-state index in [4.69, 9.17) is 0 Å². The van der Waals surface area contributed by atoms with Crippen molar-refractivity contribution in [2.45, 2.75) is 6.92 Å². The van der Waals surface area contributed by atoms with Gasteiger partial charge in [0.25, 0.3) is 0 Å². The van der Waals surface area contributed by atoms with Gasteiger partial charge in [0.1, 0.15) is 12.1 Å². The Balaban J connectivity index is 2.08. The van der Waals surface area contributed by atoms with Crippen LogP contribution >= 0.6 is 0 Å². The second-order valence-electron chi connectivity index (χ2n) is 4.10. The summed E-state index contributed by atoms with van der Waals surface area (Å²) >= 11 is 0. The van der Waals surface area contributed by atoms with Crippen LogP contribution in [0.15, 0.2) is 41.2 Å². The van der Waals surface area contributed by atoms with Crippen LogP contribution in [0.2, 0.25) is 0 Å². The molecule has 94 valence electrons. The number of aromatic nitrogens is 3. The highest BCUT2D eigenvalue weighted by atomic mass is 16.3. The minimum absolute atomic E-state index is 0.0404. The lowest BCUT2D eigenvalue weighted by molar-refractivity contribution is 0.104. The lowest BCUT2D eigenvalue weighted by Crippen LogP contribution is -2.07. The number of allylic oxidation sites excluding steroid dienone is 1. The lowest BCUT2D eigenvalue weighted by atomic mass is 10.1. The van der Waals surface area contributed by atoms with Gasteiger partial charge in [-0.1, -0.05) is 24.3 Å². The third-order valence-electron chi connectivity index (χ3n) is 2.93. The molecular formula is C13H10N4O2. The smallest absolute Gasteiger partial charge is 0.245 e. The number of hydrogen-bond donors (Lipinski definition) is 2. The van der Waals surface area contributed by atoms with E-state index in [0.29, 0.717) is 22.8 Å². The van der Waals surface area contributed by atoms with Crippen LogP contribution in [0, 0.1) is 0 Å². The third kappa shape index (κ3) is 1.74. The summed E-state index contributed by atoms with van der Waals surface area (Å²) in [5.74, 6) is 0.0248. The maximum atomic E-state index is 12.2. The Morgan fingerprint density at radius 2 is 2.05 bits per heavy atom. The maximum absolute atomic E-state index is 12.2. The molecule has 3 rings (SSSR count). The first-order valence-electron chi connectivity index (χ1n) is 5.67. The molecule has 0 radical (unpaired) electrons. The predicted molar refractivity (Wildman–Crippen MR) is 69.5 cm³/mol. The van der Waals surface area contributed by atoms with Gasteiger partial charge >= 0.3 is 0 Å². The molecule has 0 spiro atoms. The van der Waals surface area contributed by atoms with Gasteiger partial charge in [-0.2, -0.15) is 10.1 Å². The van der Waals surface area contributed by atoms with Gasteiger partial charge in [-0.15, -0.1) is 0 Å². The number of aromatic amines is 1. The molecule has 2 aromatic rings. The highest BCUT2D eigenvalue weighted by Gasteiger charge is 2.30. The lowest BCUT2D eigenvalue weighted by Gasteiger charge is -1.99. The van der Waals surface area contributed by atoms with Gasteiger partial charge in [-0.25, -0.2) is 10.1 Å². The molecule has 1 aromatic carbocycles. The number of carbonyl (C=O) groups is 1. The first-order chi connectivity index (χ1) is 9.18. The summed E-state index contributed by atoms with van der Waals surface area (Å²) in [6.07, 6.45) is 1.32. The number of fused-ring (bicyclic) bond motifs is 1. The van der Waals surface area contributed by atoms with E-state index in [1.807, 2.05) is 0 Å². The Labute approximate surface area is 108 Å². The second-order valence-corrected chi connectivity index (χ2v) is 4.10. The molecule has 19 heavy (non-hydrogen) atoms. The first-order valence-corrected chi connectivity index (χ1v) is 5.67. The van der Waals surface area contributed by atoms with Crippen LogP contribution in [0.4, 0.5) is 5.95 Å². The largest absolute Gasteiger partial charge is 0.506 e. The van der Waals surface area contributed by atoms with Crippen LogP contribution in [0.5, 0.6) is 0 Å². The average Bonchev–Trinajstić information content (AvgIpc) is 2.99. The van der Waals surface area contributed by atoms with Crippen LogP contribution in [-0.4, -0.2) is 31.8 Å². The molecule has 0 saturated carbocycles. The maximum Gasteiger partial charge on any atom is 0.245 e. The van der Waals surface area contributed by atoms with E-state index in [9.17, 15) is 9.90 Å². The molecule has 1 heterocycles. The van der Waals surface area contributed by atoms with E-state index >= 15 is 0 Å². The van der Waals surface area contributed by atoms with Gasteiger partial charge in [-0.3, -0.25) is 4.79 Å². The van der Waals surface area contributed by atoms with Crippen molar-refractivity contribution in [3.63, 3.8) is 0 Å². The van der Waals surface area contributed by atoms with Gasteiger partial charge in [-0.05, 0) is 6.92 Å². The first kappa shape index (κ1) is 11.3. The van der Waals surface area contributed by atoms with E-state index in [0.717, 1.165) is 0 Å². The second kappa shape index (κ2) is 4.16. The number of ketones is 1. The Hall–Kier alpha value is -2.76. The fourth-order valence-electron chi connectivity index (χ4n) is 2.07. The minimum Gasteiger partial charge on any atom is -0.506 e. The molecule has 0 aliphatic heterocycles. The van der Waals surface area contributed by atoms with E-state index in [1.165, 1.54) is 6.33 Å². The molecule has 0 bridgehead atoms. The molecule has 2 N–H and O–H groups in total. The summed E-state index contributed by atoms with van der Waals surface area (Å²) in [7, 11) is 0. The van der Waals surface area contributed by atoms with E-state index in [2.05, 4.69) is 20.2 Å². The molecular weight excluding hydrogens is 244 g/mol.